The van der Waals surface area contributed by atoms with Crippen LogP contribution < -0.4 is 0 Å². The summed E-state index contributed by atoms with van der Waals surface area (Å²) in [5, 5.41) is 0. The standard InChI is InChI=1S/C4H3F3O2.Dy/c5-4(6,7)3(9)1-2-8;/h2H,1H2;. The zero-order valence-electron chi connectivity index (χ0n) is 4.55. The molecule has 0 aliphatic carbocycles. The fraction of sp³-hybridized carbons (Fsp3) is 0.500. The van der Waals surface area contributed by atoms with Gasteiger partial charge in [-0.05, 0) is 0 Å². The number of aldehydes is 1. The Morgan fingerprint density at radius 1 is 1.40 bits per heavy atom. The quantitative estimate of drug-likeness (QED) is 0.556. The summed E-state index contributed by atoms with van der Waals surface area (Å²) in [6.07, 6.45) is -6.01. The summed E-state index contributed by atoms with van der Waals surface area (Å²) in [6.45, 7) is 0. The minimum absolute atomic E-state index is 0. The third-order valence-corrected chi connectivity index (χ3v) is 0.585. The molecule has 0 aliphatic heterocycles. The zero-order chi connectivity index (χ0) is 7.49. The summed E-state index contributed by atoms with van der Waals surface area (Å²) in [7, 11) is 0. The number of ketones is 1. The maximum absolute atomic E-state index is 11.1. The maximum Gasteiger partial charge on any atom is 0.450 e. The molecule has 0 saturated heterocycles. The van der Waals surface area contributed by atoms with E-state index in [1.54, 1.807) is 0 Å². The van der Waals surface area contributed by atoms with Gasteiger partial charge in [-0.2, -0.15) is 13.2 Å². The van der Waals surface area contributed by atoms with Crippen LogP contribution in [0.3, 0.4) is 0 Å². The van der Waals surface area contributed by atoms with Crippen molar-refractivity contribution in [3.8, 4) is 0 Å². The summed E-state index contributed by atoms with van der Waals surface area (Å²) >= 11 is 0. The van der Waals surface area contributed by atoms with E-state index in [2.05, 4.69) is 0 Å². The molecule has 0 saturated carbocycles. The van der Waals surface area contributed by atoms with Crippen molar-refractivity contribution in [1.82, 2.24) is 0 Å². The molecular weight excluding hydrogens is 300 g/mol. The molecule has 0 N–H and O–H groups in total. The van der Waals surface area contributed by atoms with E-state index in [9.17, 15) is 22.8 Å². The van der Waals surface area contributed by atoms with Crippen molar-refractivity contribution in [3.63, 3.8) is 0 Å². The van der Waals surface area contributed by atoms with E-state index in [1.165, 1.54) is 0 Å². The zero-order valence-corrected chi connectivity index (χ0v) is 6.58. The normalized spacial score (nSPS) is 9.90. The Balaban J connectivity index is 0. The molecule has 0 spiro atoms. The van der Waals surface area contributed by atoms with E-state index in [4.69, 9.17) is 0 Å². The Labute approximate surface area is 85.2 Å². The number of carbonyl (C=O) groups is 2. The van der Waals surface area contributed by atoms with E-state index in [-0.39, 0.29) is 44.5 Å². The van der Waals surface area contributed by atoms with Gasteiger partial charge in [-0.25, -0.2) is 0 Å². The predicted octanol–water partition coefficient (Wildman–Crippen LogP) is 0.707. The Bertz CT molecular complexity index is 131. The van der Waals surface area contributed by atoms with Crippen LogP contribution in [-0.2, 0) is 9.59 Å². The first-order chi connectivity index (χ1) is 3.98. The fourth-order valence-electron chi connectivity index (χ4n) is 0.191. The average molecular weight is 303 g/mol. The van der Waals surface area contributed by atoms with Crippen LogP contribution in [0.2, 0.25) is 0 Å². The largest absolute Gasteiger partial charge is 0.450 e. The van der Waals surface area contributed by atoms with Gasteiger partial charge in [0.1, 0.15) is 6.29 Å². The van der Waals surface area contributed by atoms with Gasteiger partial charge in [0, 0.05) is 38.2 Å². The first kappa shape index (κ1) is 13.0. The molecule has 10 heavy (non-hydrogen) atoms. The van der Waals surface area contributed by atoms with Crippen LogP contribution in [0, 0.1) is 38.2 Å². The molecule has 6 heteroatoms. The molecule has 62 valence electrons. The second-order valence-corrected chi connectivity index (χ2v) is 1.29. The van der Waals surface area contributed by atoms with E-state index in [0.29, 0.717) is 0 Å². The smallest absolute Gasteiger partial charge is 0.303 e. The summed E-state index contributed by atoms with van der Waals surface area (Å²) in [5.41, 5.74) is 0. The number of hydrogen-bond acceptors (Lipinski definition) is 2. The minimum Gasteiger partial charge on any atom is -0.303 e. The van der Waals surface area contributed by atoms with Crippen LogP contribution in [0.15, 0.2) is 0 Å². The summed E-state index contributed by atoms with van der Waals surface area (Å²) in [4.78, 5) is 19.0. The minimum atomic E-state index is -4.86. The van der Waals surface area contributed by atoms with Gasteiger partial charge in [-0.15, -0.1) is 0 Å². The van der Waals surface area contributed by atoms with Crippen molar-refractivity contribution in [2.24, 2.45) is 0 Å². The molecule has 0 fully saturated rings. The van der Waals surface area contributed by atoms with Crippen LogP contribution in [0.25, 0.3) is 0 Å². The summed E-state index contributed by atoms with van der Waals surface area (Å²) in [6, 6.07) is 0. The van der Waals surface area contributed by atoms with Crippen molar-refractivity contribution in [1.29, 1.82) is 0 Å². The van der Waals surface area contributed by atoms with Crippen molar-refractivity contribution in [2.45, 2.75) is 12.6 Å². The number of alkyl halides is 3. The monoisotopic (exact) mass is 304 g/mol. The number of Topliss-reactive ketones (excluding diaryl/α,β-unsaturated/α-hetero) is 1. The second-order valence-electron chi connectivity index (χ2n) is 1.29. The Morgan fingerprint density at radius 3 is 1.90 bits per heavy atom. The van der Waals surface area contributed by atoms with Crippen LogP contribution >= 0.6 is 0 Å². The Hall–Kier alpha value is 0.403. The number of halogens is 3. The first-order valence-corrected chi connectivity index (χ1v) is 2.02. The molecule has 0 radical (unpaired) electrons. The van der Waals surface area contributed by atoms with Crippen molar-refractivity contribution in [3.05, 3.63) is 0 Å². The van der Waals surface area contributed by atoms with Crippen LogP contribution in [-0.4, -0.2) is 18.2 Å². The van der Waals surface area contributed by atoms with Gasteiger partial charge < -0.3 is 4.79 Å². The average Bonchev–Trinajstić information content (AvgIpc) is 1.64. The van der Waals surface area contributed by atoms with E-state index in [0.717, 1.165) is 0 Å². The van der Waals surface area contributed by atoms with Gasteiger partial charge in [-0.3, -0.25) is 4.79 Å². The van der Waals surface area contributed by atoms with E-state index < -0.39 is 18.4 Å². The molecule has 0 heterocycles. The van der Waals surface area contributed by atoms with Gasteiger partial charge in [0.05, 0.1) is 6.42 Å². The molecule has 0 bridgehead atoms. The van der Waals surface area contributed by atoms with Crippen LogP contribution in [0.5, 0.6) is 0 Å². The Kier molecular flexibility index (Phi) is 6.65. The molecule has 2 nitrogen and oxygen atoms in total. The second kappa shape index (κ2) is 5.11. The summed E-state index contributed by atoms with van der Waals surface area (Å²) in [5.74, 6) is -2.00. The molecule has 0 aromatic carbocycles. The molecule has 0 aromatic rings. The van der Waals surface area contributed by atoms with Crippen molar-refractivity contribution in [2.75, 3.05) is 0 Å². The molecule has 0 rings (SSSR count). The predicted molar refractivity (Wildman–Crippen MR) is 21.7 cm³/mol. The third-order valence-electron chi connectivity index (χ3n) is 0.585. The number of hydrogen-bond donors (Lipinski definition) is 0. The molecule has 0 atom stereocenters. The van der Waals surface area contributed by atoms with Gasteiger partial charge >= 0.3 is 6.18 Å². The van der Waals surface area contributed by atoms with Gasteiger partial charge in [0.15, 0.2) is 0 Å². The van der Waals surface area contributed by atoms with Crippen LogP contribution in [0.1, 0.15) is 6.42 Å². The Morgan fingerprint density at radius 2 is 1.80 bits per heavy atom. The SMILES string of the molecule is O=CCC(=O)C(F)(F)F.[Dy]. The maximum atomic E-state index is 11.1. The van der Waals surface area contributed by atoms with Crippen LogP contribution in [0.4, 0.5) is 13.2 Å². The topological polar surface area (TPSA) is 34.1 Å². The summed E-state index contributed by atoms with van der Waals surface area (Å²) < 4.78 is 33.4. The van der Waals surface area contributed by atoms with E-state index >= 15 is 0 Å². The van der Waals surface area contributed by atoms with Gasteiger partial charge in [0.25, 0.3) is 0 Å². The molecule has 0 aromatic heterocycles. The van der Waals surface area contributed by atoms with E-state index in [1.807, 2.05) is 0 Å². The molecule has 0 unspecified atom stereocenters. The van der Waals surface area contributed by atoms with Crippen molar-refractivity contribution >= 4 is 12.1 Å². The van der Waals surface area contributed by atoms with Crippen molar-refractivity contribution < 1.29 is 60.9 Å². The van der Waals surface area contributed by atoms with Gasteiger partial charge in [0.2, 0.25) is 5.78 Å². The molecular formula is C4H3DyF3O2. The number of rotatable bonds is 2. The first-order valence-electron chi connectivity index (χ1n) is 2.02. The third kappa shape index (κ3) is 5.21. The number of carbonyl (C=O) groups excluding carboxylic acids is 2. The fourth-order valence-corrected chi connectivity index (χ4v) is 0.191. The molecule has 0 aliphatic rings. The molecule has 0 amide bonds. The van der Waals surface area contributed by atoms with Gasteiger partial charge in [-0.1, -0.05) is 0 Å².